The molecule has 3 atom stereocenters. The van der Waals surface area contributed by atoms with E-state index in [2.05, 4.69) is 0 Å². The average Bonchev–Trinajstić information content (AvgIpc) is 3.33. The van der Waals surface area contributed by atoms with Gasteiger partial charge in [0.15, 0.2) is 5.78 Å². The lowest BCUT2D eigenvalue weighted by atomic mass is 9.79. The highest BCUT2D eigenvalue weighted by Gasteiger charge is 2.68. The van der Waals surface area contributed by atoms with E-state index >= 15 is 0 Å². The molecule has 0 saturated carbocycles. The number of ether oxygens (including phenoxy) is 2. The van der Waals surface area contributed by atoms with Crippen LogP contribution < -0.4 is 0 Å². The maximum absolute atomic E-state index is 13.3. The molecule has 0 unspecified atom stereocenters. The van der Waals surface area contributed by atoms with Crippen molar-refractivity contribution in [3.8, 4) is 0 Å². The van der Waals surface area contributed by atoms with Gasteiger partial charge in [0, 0.05) is 12.8 Å². The number of benzene rings is 2. The van der Waals surface area contributed by atoms with Crippen molar-refractivity contribution in [2.45, 2.75) is 36.6 Å². The number of fused-ring (bicyclic) bond motifs is 2. The summed E-state index contributed by atoms with van der Waals surface area (Å²) in [5, 5.41) is 0. The van der Waals surface area contributed by atoms with Gasteiger partial charge in [-0.1, -0.05) is 42.5 Å². The van der Waals surface area contributed by atoms with E-state index in [0.29, 0.717) is 12.8 Å². The fraction of sp³-hybridized carbons (Fsp3) is 0.333. The Labute approximate surface area is 155 Å². The Kier molecular flexibility index (Phi) is 3.43. The second-order valence-corrected chi connectivity index (χ2v) is 7.36. The van der Waals surface area contributed by atoms with E-state index in [9.17, 15) is 14.0 Å². The SMILES string of the molecule is O=C1OC[C@@H](c2ccccc2)N1[C@@]12CC[C@@](c3ccc(F)cc3)(CC1=O)O2. The second-order valence-electron chi connectivity index (χ2n) is 7.36. The first-order chi connectivity index (χ1) is 13.0. The van der Waals surface area contributed by atoms with Gasteiger partial charge in [0.1, 0.15) is 18.0 Å². The summed E-state index contributed by atoms with van der Waals surface area (Å²) in [7, 11) is 0. The highest BCUT2D eigenvalue weighted by molar-refractivity contribution is 5.94. The highest BCUT2D eigenvalue weighted by Crippen LogP contribution is 2.57. The fourth-order valence-corrected chi connectivity index (χ4v) is 4.62. The van der Waals surface area contributed by atoms with E-state index < -0.39 is 17.4 Å². The number of carbonyl (C=O) groups is 2. The first-order valence-corrected chi connectivity index (χ1v) is 9.05. The van der Waals surface area contributed by atoms with Crippen LogP contribution in [0.3, 0.4) is 0 Å². The number of rotatable bonds is 3. The molecule has 3 saturated heterocycles. The molecule has 2 aromatic rings. The molecule has 0 radical (unpaired) electrons. The number of cyclic esters (lactones) is 1. The third-order valence-electron chi connectivity index (χ3n) is 5.93. The molecular weight excluding hydrogens is 349 g/mol. The largest absolute Gasteiger partial charge is 0.447 e. The molecule has 2 bridgehead atoms. The van der Waals surface area contributed by atoms with Crippen LogP contribution in [0.25, 0.3) is 0 Å². The minimum atomic E-state index is -1.32. The molecule has 6 heteroatoms. The van der Waals surface area contributed by atoms with Crippen molar-refractivity contribution in [3.05, 3.63) is 71.5 Å². The third kappa shape index (κ3) is 2.26. The van der Waals surface area contributed by atoms with E-state index in [1.165, 1.54) is 17.0 Å². The van der Waals surface area contributed by atoms with Crippen LogP contribution >= 0.6 is 0 Å². The number of amides is 1. The fourth-order valence-electron chi connectivity index (χ4n) is 4.62. The van der Waals surface area contributed by atoms with E-state index in [-0.39, 0.29) is 30.7 Å². The van der Waals surface area contributed by atoms with Crippen molar-refractivity contribution in [2.24, 2.45) is 0 Å². The molecule has 3 fully saturated rings. The lowest BCUT2D eigenvalue weighted by molar-refractivity contribution is -0.156. The van der Waals surface area contributed by atoms with Crippen LogP contribution in [0.5, 0.6) is 0 Å². The summed E-state index contributed by atoms with van der Waals surface area (Å²) in [5.74, 6) is -0.464. The quantitative estimate of drug-likeness (QED) is 0.830. The summed E-state index contributed by atoms with van der Waals surface area (Å²) in [6.07, 6.45) is 0.635. The maximum atomic E-state index is 13.3. The van der Waals surface area contributed by atoms with Gasteiger partial charge < -0.3 is 9.47 Å². The summed E-state index contributed by atoms with van der Waals surface area (Å²) in [4.78, 5) is 27.1. The molecule has 5 nitrogen and oxygen atoms in total. The number of halogens is 1. The normalized spacial score (nSPS) is 32.2. The van der Waals surface area contributed by atoms with Crippen LogP contribution in [0.2, 0.25) is 0 Å². The number of hydrogen-bond donors (Lipinski definition) is 0. The molecule has 0 N–H and O–H groups in total. The molecular formula is C21H18FNO4. The minimum absolute atomic E-state index is 0.127. The molecule has 2 aromatic carbocycles. The molecule has 138 valence electrons. The Bertz CT molecular complexity index is 916. The van der Waals surface area contributed by atoms with Crippen LogP contribution in [0, 0.1) is 5.82 Å². The summed E-state index contributed by atoms with van der Waals surface area (Å²) >= 11 is 0. The van der Waals surface area contributed by atoms with E-state index in [1.54, 1.807) is 12.1 Å². The Morgan fingerprint density at radius 2 is 1.74 bits per heavy atom. The molecule has 3 aliphatic heterocycles. The highest BCUT2D eigenvalue weighted by atomic mass is 19.1. The van der Waals surface area contributed by atoms with E-state index in [0.717, 1.165) is 11.1 Å². The van der Waals surface area contributed by atoms with Gasteiger partial charge in [-0.15, -0.1) is 0 Å². The van der Waals surface area contributed by atoms with Gasteiger partial charge in [-0.25, -0.2) is 9.18 Å². The van der Waals surface area contributed by atoms with Gasteiger partial charge in [0.05, 0.1) is 6.04 Å². The third-order valence-corrected chi connectivity index (χ3v) is 5.93. The van der Waals surface area contributed by atoms with E-state index in [1.807, 2.05) is 30.3 Å². The topological polar surface area (TPSA) is 55.8 Å². The average molecular weight is 367 g/mol. The predicted molar refractivity (Wildman–Crippen MR) is 93.1 cm³/mol. The molecule has 27 heavy (non-hydrogen) atoms. The standard InChI is InChI=1S/C21H18FNO4/c22-16-8-6-15(7-9-16)20-10-11-21(27-20,18(24)12-20)23-17(13-26-19(23)25)14-4-2-1-3-5-14/h1-9,17H,10-13H2/t17-,20-,21+/m0/s1. The van der Waals surface area contributed by atoms with Gasteiger partial charge in [0.25, 0.3) is 0 Å². The molecule has 0 aliphatic carbocycles. The zero-order valence-corrected chi connectivity index (χ0v) is 14.6. The van der Waals surface area contributed by atoms with Crippen LogP contribution in [0.4, 0.5) is 9.18 Å². The number of hydrogen-bond acceptors (Lipinski definition) is 4. The summed E-state index contributed by atoms with van der Waals surface area (Å²) < 4.78 is 25.0. The Hall–Kier alpha value is -2.73. The second kappa shape index (κ2) is 5.63. The van der Waals surface area contributed by atoms with Crippen LogP contribution in [-0.4, -0.2) is 29.1 Å². The zero-order chi connectivity index (χ0) is 18.6. The monoisotopic (exact) mass is 367 g/mol. The molecule has 3 heterocycles. The van der Waals surface area contributed by atoms with Crippen molar-refractivity contribution in [1.82, 2.24) is 4.90 Å². The lowest BCUT2D eigenvalue weighted by Gasteiger charge is -2.35. The first kappa shape index (κ1) is 16.4. The van der Waals surface area contributed by atoms with Gasteiger partial charge in [-0.3, -0.25) is 9.69 Å². The predicted octanol–water partition coefficient (Wildman–Crippen LogP) is 3.69. The smallest absolute Gasteiger partial charge is 0.413 e. The van der Waals surface area contributed by atoms with Crippen LogP contribution in [0.15, 0.2) is 54.6 Å². The van der Waals surface area contributed by atoms with Gasteiger partial charge >= 0.3 is 6.09 Å². The zero-order valence-electron chi connectivity index (χ0n) is 14.6. The molecule has 5 rings (SSSR count). The number of ketones is 1. The summed E-state index contributed by atoms with van der Waals surface area (Å²) in [6.45, 7) is 0.185. The molecule has 0 spiro atoms. The summed E-state index contributed by atoms with van der Waals surface area (Å²) in [5.41, 5.74) is -0.460. The van der Waals surface area contributed by atoms with Crippen molar-refractivity contribution in [1.29, 1.82) is 0 Å². The number of Topliss-reactive ketones (excluding diaryl/α,β-unsaturated/α-hetero) is 1. The number of nitrogens with zero attached hydrogens (tertiary/aromatic N) is 1. The lowest BCUT2D eigenvalue weighted by Crippen LogP contribution is -2.53. The molecule has 3 aliphatic rings. The number of carbonyl (C=O) groups excluding carboxylic acids is 2. The van der Waals surface area contributed by atoms with E-state index in [4.69, 9.17) is 9.47 Å². The van der Waals surface area contributed by atoms with Crippen LogP contribution in [0.1, 0.15) is 36.4 Å². The van der Waals surface area contributed by atoms with Crippen LogP contribution in [-0.2, 0) is 19.9 Å². The van der Waals surface area contributed by atoms with Gasteiger partial charge in [-0.2, -0.15) is 0 Å². The van der Waals surface area contributed by atoms with Crippen molar-refractivity contribution in [3.63, 3.8) is 0 Å². The first-order valence-electron chi connectivity index (χ1n) is 9.05. The van der Waals surface area contributed by atoms with Crippen molar-refractivity contribution >= 4 is 11.9 Å². The molecule has 0 aromatic heterocycles. The Balaban J connectivity index is 1.54. The minimum Gasteiger partial charge on any atom is -0.447 e. The Morgan fingerprint density at radius 3 is 2.44 bits per heavy atom. The van der Waals surface area contributed by atoms with Gasteiger partial charge in [0.2, 0.25) is 5.72 Å². The molecule has 1 amide bonds. The van der Waals surface area contributed by atoms with Crippen molar-refractivity contribution in [2.75, 3.05) is 6.61 Å². The van der Waals surface area contributed by atoms with Crippen molar-refractivity contribution < 1.29 is 23.5 Å². The van der Waals surface area contributed by atoms with Gasteiger partial charge in [-0.05, 0) is 29.7 Å². The summed E-state index contributed by atoms with van der Waals surface area (Å²) in [6, 6.07) is 15.2. The Morgan fingerprint density at radius 1 is 1.00 bits per heavy atom. The maximum Gasteiger partial charge on any atom is 0.413 e.